The van der Waals surface area contributed by atoms with E-state index in [0.717, 1.165) is 45.3 Å². The molecule has 0 saturated carbocycles. The second kappa shape index (κ2) is 12.8. The number of rotatable bonds is 9. The first kappa shape index (κ1) is 31.0. The fourth-order valence-corrected chi connectivity index (χ4v) is 5.47. The number of imide groups is 1. The van der Waals surface area contributed by atoms with Gasteiger partial charge in [-0.05, 0) is 81.3 Å². The second-order valence-electron chi connectivity index (χ2n) is 9.95. The summed E-state index contributed by atoms with van der Waals surface area (Å²) in [5.41, 5.74) is 3.81. The predicted molar refractivity (Wildman–Crippen MR) is 141 cm³/mol. The summed E-state index contributed by atoms with van der Waals surface area (Å²) >= 11 is 1.01. The number of amides is 2. The average Bonchev–Trinajstić information content (AvgIpc) is 3.19. The van der Waals surface area contributed by atoms with Gasteiger partial charge in [-0.25, -0.2) is 0 Å². The molecular weight excluding hydrogens is 533 g/mol. The number of hydrogen-bond acceptors (Lipinski definition) is 8. The number of thioether (sulfide) groups is 1. The maximum atomic E-state index is 12.2. The third-order valence-electron chi connectivity index (χ3n) is 6.98. The topological polar surface area (TPSA) is 128 Å². The van der Waals surface area contributed by atoms with Gasteiger partial charge in [0.2, 0.25) is 5.91 Å². The van der Waals surface area contributed by atoms with Crippen LogP contribution >= 0.6 is 11.8 Å². The Hall–Kier alpha value is -2.53. The summed E-state index contributed by atoms with van der Waals surface area (Å²) < 4.78 is 18.1. The molecule has 202 valence electrons. The Morgan fingerprint density at radius 1 is 1.10 bits per heavy atom. The second-order valence-corrected chi connectivity index (χ2v) is 11.1. The Bertz CT molecular complexity index is 1300. The van der Waals surface area contributed by atoms with E-state index in [9.17, 15) is 19.2 Å². The van der Waals surface area contributed by atoms with Gasteiger partial charge in [0.05, 0.1) is 18.1 Å². The van der Waals surface area contributed by atoms with Gasteiger partial charge in [-0.1, -0.05) is 23.9 Å². The van der Waals surface area contributed by atoms with Crippen LogP contribution in [-0.2, 0) is 27.2 Å². The van der Waals surface area contributed by atoms with Gasteiger partial charge in [0.25, 0.3) is 5.24 Å². The summed E-state index contributed by atoms with van der Waals surface area (Å²) in [4.78, 5) is 46.2. The number of carboxylic acid groups (broad SMARTS) is 1. The molecule has 2 unspecified atom stereocenters. The molecule has 2 aromatic carbocycles. The summed E-state index contributed by atoms with van der Waals surface area (Å²) in [6, 6.07) is 7.47. The number of fused-ring (bicyclic) bond motifs is 1. The molecule has 11 heteroatoms. The fourth-order valence-electron chi connectivity index (χ4n) is 4.61. The zero-order valence-corrected chi connectivity index (χ0v) is 25.7. The van der Waals surface area contributed by atoms with Crippen LogP contribution in [0.15, 0.2) is 24.3 Å². The molecule has 4 rings (SSSR count). The minimum atomic E-state index is -1.04. The van der Waals surface area contributed by atoms with Crippen LogP contribution < -0.4 is 49.1 Å². The number of carbonyl (C=O) groups is 4. The Kier molecular flexibility index (Phi) is 10.1. The Morgan fingerprint density at radius 2 is 1.79 bits per heavy atom. The minimum Gasteiger partial charge on any atom is -0.489 e. The zero-order valence-electron chi connectivity index (χ0n) is 22.8. The predicted octanol–water partition coefficient (Wildman–Crippen LogP) is 1.44. The van der Waals surface area contributed by atoms with Crippen LogP contribution in [0.5, 0.6) is 17.2 Å². The molecule has 1 fully saturated rings. The molecule has 0 aromatic heterocycles. The SMILES string of the molecule is Cc1c(C)c2c(c(C)c1OC(=O)CCC(=O)O)CCC(C)(COc1ccc(CC3SC(=O)NC3=O)cc1)O2.[Na+]. The number of nitrogens with one attached hydrogen (secondary N) is 1. The quantitative estimate of drug-likeness (QED) is 0.264. The third kappa shape index (κ3) is 7.36. The maximum absolute atomic E-state index is 12.2. The monoisotopic (exact) mass is 564 g/mol. The van der Waals surface area contributed by atoms with Crippen molar-refractivity contribution in [3.05, 3.63) is 52.1 Å². The summed E-state index contributed by atoms with van der Waals surface area (Å²) in [7, 11) is 0. The Labute approximate surface area is 253 Å². The van der Waals surface area contributed by atoms with Gasteiger partial charge in [0, 0.05) is 5.56 Å². The van der Waals surface area contributed by atoms with Crippen molar-refractivity contribution in [3.63, 3.8) is 0 Å². The smallest absolute Gasteiger partial charge is 0.489 e. The van der Waals surface area contributed by atoms with Gasteiger partial charge in [-0.15, -0.1) is 0 Å². The molecule has 2 N–H and O–H groups in total. The molecule has 2 aliphatic heterocycles. The van der Waals surface area contributed by atoms with E-state index in [2.05, 4.69) is 5.32 Å². The number of hydrogen-bond donors (Lipinski definition) is 2. The Balaban J connectivity index is 0.00000420. The number of esters is 1. The molecular formula is C28H31NNaO8S+. The van der Waals surface area contributed by atoms with Crippen molar-refractivity contribution >= 4 is 34.8 Å². The average molecular weight is 565 g/mol. The van der Waals surface area contributed by atoms with E-state index in [4.69, 9.17) is 19.3 Å². The van der Waals surface area contributed by atoms with Crippen molar-refractivity contribution in [2.24, 2.45) is 0 Å². The molecule has 0 bridgehead atoms. The molecule has 0 radical (unpaired) electrons. The molecule has 2 aliphatic rings. The molecule has 2 atom stereocenters. The first-order chi connectivity index (χ1) is 18.0. The number of benzene rings is 2. The fraction of sp³-hybridized carbons (Fsp3) is 0.429. The molecule has 9 nitrogen and oxygen atoms in total. The van der Waals surface area contributed by atoms with Crippen LogP contribution in [0.2, 0.25) is 0 Å². The maximum Gasteiger partial charge on any atom is 1.00 e. The molecule has 2 heterocycles. The van der Waals surface area contributed by atoms with E-state index >= 15 is 0 Å². The van der Waals surface area contributed by atoms with Crippen LogP contribution in [0.4, 0.5) is 4.79 Å². The zero-order chi connectivity index (χ0) is 27.6. The first-order valence-corrected chi connectivity index (χ1v) is 13.3. The van der Waals surface area contributed by atoms with Crippen molar-refractivity contribution in [1.29, 1.82) is 0 Å². The van der Waals surface area contributed by atoms with E-state index in [0.29, 0.717) is 37.4 Å². The molecule has 0 aliphatic carbocycles. The van der Waals surface area contributed by atoms with E-state index in [1.54, 1.807) is 0 Å². The van der Waals surface area contributed by atoms with Gasteiger partial charge in [0.15, 0.2) is 0 Å². The molecule has 2 amide bonds. The minimum absolute atomic E-state index is 0. The normalized spacial score (nSPS) is 19.8. The largest absolute Gasteiger partial charge is 1.00 e. The van der Waals surface area contributed by atoms with Crippen LogP contribution in [-0.4, -0.2) is 45.6 Å². The van der Waals surface area contributed by atoms with Crippen molar-refractivity contribution in [3.8, 4) is 17.2 Å². The van der Waals surface area contributed by atoms with E-state index in [1.165, 1.54) is 0 Å². The number of aliphatic carboxylic acids is 1. The van der Waals surface area contributed by atoms with Crippen molar-refractivity contribution in [1.82, 2.24) is 5.32 Å². The van der Waals surface area contributed by atoms with Crippen LogP contribution in [0.25, 0.3) is 0 Å². The van der Waals surface area contributed by atoms with Crippen molar-refractivity contribution in [2.45, 2.75) is 70.7 Å². The summed E-state index contributed by atoms with van der Waals surface area (Å²) in [5, 5.41) is 10.4. The molecule has 39 heavy (non-hydrogen) atoms. The number of carboxylic acids is 1. The van der Waals surface area contributed by atoms with Crippen LogP contribution in [0, 0.1) is 20.8 Å². The van der Waals surface area contributed by atoms with Gasteiger partial charge < -0.3 is 19.3 Å². The summed E-state index contributed by atoms with van der Waals surface area (Å²) in [5.74, 6) is 0.0392. The van der Waals surface area contributed by atoms with Gasteiger partial charge in [-0.2, -0.15) is 0 Å². The van der Waals surface area contributed by atoms with Crippen LogP contribution in [0.3, 0.4) is 0 Å². The van der Waals surface area contributed by atoms with Crippen molar-refractivity contribution < 1.29 is 68.1 Å². The van der Waals surface area contributed by atoms with Crippen LogP contribution in [0.1, 0.15) is 54.0 Å². The number of ether oxygens (including phenoxy) is 3. The van der Waals surface area contributed by atoms with Gasteiger partial charge in [0.1, 0.15) is 29.5 Å². The van der Waals surface area contributed by atoms with E-state index in [1.807, 2.05) is 52.0 Å². The standard InChI is InChI=1S/C28H31NO8S.Na/c1-15-16(2)25-20(17(3)24(15)36-23(32)10-9-22(30)31)11-12-28(4,37-25)14-35-19-7-5-18(6-8-19)13-21-26(33)29-27(34)38-21;/h5-8,21H,9-14H2,1-4H3,(H,30,31)(H,29,33,34);/q;+1. The first-order valence-electron chi connectivity index (χ1n) is 12.4. The van der Waals surface area contributed by atoms with Gasteiger partial charge >= 0.3 is 41.5 Å². The third-order valence-corrected chi connectivity index (χ3v) is 7.96. The summed E-state index contributed by atoms with van der Waals surface area (Å²) in [6.07, 6.45) is 1.40. The number of carbonyl (C=O) groups excluding carboxylic acids is 3. The molecule has 1 saturated heterocycles. The molecule has 0 spiro atoms. The van der Waals surface area contributed by atoms with Crippen molar-refractivity contribution in [2.75, 3.05) is 6.61 Å². The van der Waals surface area contributed by atoms with Gasteiger partial charge in [-0.3, -0.25) is 24.5 Å². The van der Waals surface area contributed by atoms with E-state index in [-0.39, 0.29) is 53.5 Å². The van der Waals surface area contributed by atoms with E-state index < -0.39 is 22.8 Å². The Morgan fingerprint density at radius 3 is 2.41 bits per heavy atom. The summed E-state index contributed by atoms with van der Waals surface area (Å²) in [6.45, 7) is 7.99. The molecule has 2 aromatic rings.